The summed E-state index contributed by atoms with van der Waals surface area (Å²) in [5.41, 5.74) is 9.53. The molecule has 0 saturated carbocycles. The summed E-state index contributed by atoms with van der Waals surface area (Å²) in [6.45, 7) is 6.77. The van der Waals surface area contributed by atoms with Gasteiger partial charge in [0.1, 0.15) is 5.71 Å². The van der Waals surface area contributed by atoms with Gasteiger partial charge in [-0.05, 0) is 11.6 Å². The van der Waals surface area contributed by atoms with Gasteiger partial charge in [-0.3, -0.25) is 0 Å². The van der Waals surface area contributed by atoms with Crippen LogP contribution in [0.25, 0.3) is 0 Å². The number of oxime groups is 1. The fourth-order valence-electron chi connectivity index (χ4n) is 3.67. The van der Waals surface area contributed by atoms with E-state index in [1.165, 1.54) is 0 Å². The zero-order valence-electron chi connectivity index (χ0n) is 18.2. The van der Waals surface area contributed by atoms with Crippen molar-refractivity contribution in [3.8, 4) is 0 Å². The average molecular weight is 434 g/mol. The fraction of sp³-hybridized carbons (Fsp3) is 0.292. The Bertz CT molecular complexity index is 1120. The molecule has 0 unspecified atom stereocenters. The Morgan fingerprint density at radius 3 is 2.47 bits per heavy atom. The maximum atomic E-state index is 9.66. The Morgan fingerprint density at radius 1 is 1.03 bits per heavy atom. The lowest BCUT2D eigenvalue weighted by Gasteiger charge is -2.27. The van der Waals surface area contributed by atoms with Gasteiger partial charge in [-0.25, -0.2) is 0 Å². The van der Waals surface area contributed by atoms with Crippen molar-refractivity contribution < 1.29 is 14.5 Å². The minimum atomic E-state index is -0.474. The topological polar surface area (TPSA) is 109 Å². The lowest BCUT2D eigenvalue weighted by Crippen LogP contribution is -2.44. The van der Waals surface area contributed by atoms with Crippen LogP contribution >= 0.6 is 0 Å². The van der Waals surface area contributed by atoms with Gasteiger partial charge >= 0.3 is 0 Å². The number of guanidine groups is 1. The van der Waals surface area contributed by atoms with Crippen LogP contribution in [-0.4, -0.2) is 53.2 Å². The van der Waals surface area contributed by atoms with Crippen molar-refractivity contribution in [1.29, 1.82) is 0 Å². The number of morpholine rings is 1. The van der Waals surface area contributed by atoms with Crippen LogP contribution in [0.15, 0.2) is 75.3 Å². The molecule has 1 aromatic heterocycles. The van der Waals surface area contributed by atoms with Crippen molar-refractivity contribution in [3.05, 3.63) is 83.0 Å². The molecule has 3 N–H and O–H groups in total. The van der Waals surface area contributed by atoms with Crippen molar-refractivity contribution in [1.82, 2.24) is 10.1 Å². The Labute approximate surface area is 187 Å². The molecular formula is C24H27N5O3. The van der Waals surface area contributed by atoms with Crippen LogP contribution < -0.4 is 5.73 Å². The van der Waals surface area contributed by atoms with Crippen molar-refractivity contribution in [3.63, 3.8) is 0 Å². The van der Waals surface area contributed by atoms with Gasteiger partial charge < -0.3 is 25.1 Å². The average Bonchev–Trinajstić information content (AvgIpc) is 3.30. The molecule has 4 rings (SSSR count). The number of rotatable bonds is 5. The number of ether oxygens (including phenoxy) is 1. The molecule has 0 atom stereocenters. The summed E-state index contributed by atoms with van der Waals surface area (Å²) in [5.74, 6) is 0.748. The summed E-state index contributed by atoms with van der Waals surface area (Å²) in [5, 5.41) is 17.5. The van der Waals surface area contributed by atoms with Crippen molar-refractivity contribution in [2.75, 3.05) is 26.3 Å². The highest BCUT2D eigenvalue weighted by molar-refractivity contribution is 6.12. The third-order valence-electron chi connectivity index (χ3n) is 5.70. The molecule has 32 heavy (non-hydrogen) atoms. The molecule has 1 aliphatic rings. The molecule has 0 spiro atoms. The van der Waals surface area contributed by atoms with Gasteiger partial charge in [0.15, 0.2) is 5.96 Å². The van der Waals surface area contributed by atoms with Crippen molar-refractivity contribution in [2.24, 2.45) is 15.9 Å². The zero-order valence-corrected chi connectivity index (χ0v) is 18.2. The van der Waals surface area contributed by atoms with E-state index < -0.39 is 5.41 Å². The normalized spacial score (nSPS) is 15.8. The van der Waals surface area contributed by atoms with Gasteiger partial charge in [-0.1, -0.05) is 72.7 Å². The minimum Gasteiger partial charge on any atom is -0.410 e. The molecule has 3 aromatic rings. The highest BCUT2D eigenvalue weighted by Crippen LogP contribution is 2.33. The monoisotopic (exact) mass is 433 g/mol. The second-order valence-corrected chi connectivity index (χ2v) is 8.14. The Balaban J connectivity index is 1.60. The molecule has 0 radical (unpaired) electrons. The number of hydrogen-bond donors (Lipinski definition) is 2. The maximum absolute atomic E-state index is 9.66. The van der Waals surface area contributed by atoms with Crippen molar-refractivity contribution >= 4 is 17.6 Å². The molecule has 2 aromatic carbocycles. The molecule has 0 bridgehead atoms. The van der Waals surface area contributed by atoms with Gasteiger partial charge in [0, 0.05) is 35.7 Å². The van der Waals surface area contributed by atoms with Gasteiger partial charge in [0.05, 0.1) is 18.9 Å². The van der Waals surface area contributed by atoms with E-state index in [1.54, 1.807) is 6.07 Å². The van der Waals surface area contributed by atoms with Gasteiger partial charge in [-0.2, -0.15) is 4.99 Å². The first kappa shape index (κ1) is 21.6. The van der Waals surface area contributed by atoms with Crippen molar-refractivity contribution in [2.45, 2.75) is 19.3 Å². The van der Waals surface area contributed by atoms with E-state index in [-0.39, 0.29) is 0 Å². The third kappa shape index (κ3) is 4.50. The molecule has 2 heterocycles. The van der Waals surface area contributed by atoms with E-state index in [0.29, 0.717) is 43.9 Å². The smallest absolute Gasteiger partial charge is 0.253 e. The first-order valence-electron chi connectivity index (χ1n) is 10.5. The number of aromatic nitrogens is 1. The molecule has 166 valence electrons. The van der Waals surface area contributed by atoms with E-state index in [4.69, 9.17) is 15.0 Å². The van der Waals surface area contributed by atoms with Crippen LogP contribution in [0.3, 0.4) is 0 Å². The number of aliphatic imine (C=N–C) groups is 1. The summed E-state index contributed by atoms with van der Waals surface area (Å²) in [4.78, 5) is 6.35. The predicted octanol–water partition coefficient (Wildman–Crippen LogP) is 3.51. The minimum absolute atomic E-state index is 0.357. The summed E-state index contributed by atoms with van der Waals surface area (Å²) in [7, 11) is 0. The lowest BCUT2D eigenvalue weighted by molar-refractivity contribution is 0.0675. The van der Waals surface area contributed by atoms with Gasteiger partial charge in [0.25, 0.3) is 5.88 Å². The molecule has 0 aliphatic carbocycles. The van der Waals surface area contributed by atoms with Crippen LogP contribution in [0.2, 0.25) is 0 Å². The summed E-state index contributed by atoms with van der Waals surface area (Å²) in [6, 6.07) is 19.3. The van der Waals surface area contributed by atoms with Gasteiger partial charge in [0.2, 0.25) is 0 Å². The summed E-state index contributed by atoms with van der Waals surface area (Å²) < 4.78 is 10.8. The lowest BCUT2D eigenvalue weighted by atomic mass is 9.80. The van der Waals surface area contributed by atoms with E-state index in [0.717, 1.165) is 22.4 Å². The quantitative estimate of drug-likeness (QED) is 0.276. The van der Waals surface area contributed by atoms with Crippen LogP contribution in [0.1, 0.15) is 36.2 Å². The van der Waals surface area contributed by atoms with Crippen LogP contribution in [0, 0.1) is 0 Å². The summed E-state index contributed by atoms with van der Waals surface area (Å²) >= 11 is 0. The first-order chi connectivity index (χ1) is 15.5. The SMILES string of the molecule is CC(C)(c1cccc(C(=NO)c2ccccc2)c1)c1cc(N=C(N)N2CCOCC2)on1. The Morgan fingerprint density at radius 2 is 1.75 bits per heavy atom. The second kappa shape index (κ2) is 9.23. The molecule has 1 saturated heterocycles. The molecule has 0 amide bonds. The largest absolute Gasteiger partial charge is 0.410 e. The molecular weight excluding hydrogens is 406 g/mol. The van der Waals surface area contributed by atoms with Crippen LogP contribution in [-0.2, 0) is 10.2 Å². The number of benzene rings is 2. The highest BCUT2D eigenvalue weighted by Gasteiger charge is 2.28. The summed E-state index contributed by atoms with van der Waals surface area (Å²) in [6.07, 6.45) is 0. The van der Waals surface area contributed by atoms with E-state index in [1.807, 2.05) is 59.5 Å². The van der Waals surface area contributed by atoms with E-state index in [2.05, 4.69) is 29.2 Å². The predicted molar refractivity (Wildman–Crippen MR) is 123 cm³/mol. The van der Waals surface area contributed by atoms with Crippen LogP contribution in [0.5, 0.6) is 0 Å². The molecule has 8 nitrogen and oxygen atoms in total. The molecule has 1 fully saturated rings. The number of nitrogens with zero attached hydrogens (tertiary/aromatic N) is 4. The molecule has 8 heteroatoms. The number of hydrogen-bond acceptors (Lipinski definition) is 6. The Hall–Kier alpha value is -3.65. The fourth-order valence-corrected chi connectivity index (χ4v) is 3.67. The molecule has 1 aliphatic heterocycles. The van der Waals surface area contributed by atoms with Gasteiger partial charge in [-0.15, -0.1) is 0 Å². The second-order valence-electron chi connectivity index (χ2n) is 8.14. The zero-order chi connectivity index (χ0) is 22.6. The Kier molecular flexibility index (Phi) is 6.23. The number of nitrogens with two attached hydrogens (primary N) is 1. The van der Waals surface area contributed by atoms with E-state index in [9.17, 15) is 5.21 Å². The highest BCUT2D eigenvalue weighted by atomic mass is 16.5. The van der Waals surface area contributed by atoms with E-state index >= 15 is 0 Å². The maximum Gasteiger partial charge on any atom is 0.253 e. The standard InChI is InChI=1S/C24H27N5O3/c1-24(2,20-16-21(32-28-20)26-23(25)29-11-13-31-14-12-29)19-10-6-9-18(15-19)22(27-30)17-7-4-3-5-8-17/h3-10,15-16,30H,11-14H2,1-2H3,(H2,25,26). The van der Waals surface area contributed by atoms with Crippen LogP contribution in [0.4, 0.5) is 5.88 Å². The first-order valence-corrected chi connectivity index (χ1v) is 10.5. The third-order valence-corrected chi connectivity index (χ3v) is 5.70.